The summed E-state index contributed by atoms with van der Waals surface area (Å²) in [6.45, 7) is 0.772. The fourth-order valence-electron chi connectivity index (χ4n) is 3.06. The first-order valence-corrected chi connectivity index (χ1v) is 10.0. The number of unbranched alkanes of at least 4 members (excludes halogenated alkanes) is 2. The van der Waals surface area contributed by atoms with Crippen molar-refractivity contribution in [1.29, 1.82) is 0 Å². The molecule has 1 aliphatic rings. The molecule has 0 fully saturated rings. The predicted molar refractivity (Wildman–Crippen MR) is 105 cm³/mol. The molecule has 4 N–H and O–H groups in total. The normalized spacial score (nSPS) is 16.1. The van der Waals surface area contributed by atoms with Crippen LogP contribution in [0.3, 0.4) is 0 Å². The van der Waals surface area contributed by atoms with Crippen molar-refractivity contribution in [2.24, 2.45) is 0 Å². The number of anilines is 3. The molecule has 0 spiro atoms. The number of fused-ring (bicyclic) bond motifs is 1. The molecule has 7 nitrogen and oxygen atoms in total. The topological polar surface area (TPSA) is 96.3 Å². The van der Waals surface area contributed by atoms with E-state index in [1.807, 2.05) is 18.2 Å². The predicted octanol–water partition coefficient (Wildman–Crippen LogP) is 4.80. The third-order valence-electron chi connectivity index (χ3n) is 4.29. The van der Waals surface area contributed by atoms with E-state index in [2.05, 4.69) is 5.32 Å². The summed E-state index contributed by atoms with van der Waals surface area (Å²) in [5, 5.41) is 10.9. The largest absolute Gasteiger partial charge is 0.465 e. The van der Waals surface area contributed by atoms with Crippen LogP contribution in [-0.2, 0) is 0 Å². The number of rotatable bonds is 7. The van der Waals surface area contributed by atoms with Gasteiger partial charge in [-0.25, -0.2) is 13.5 Å². The average molecular weight is 395 g/mol. The lowest BCUT2D eigenvalue weighted by molar-refractivity contribution is 0.194. The Morgan fingerprint density at radius 1 is 1.00 bits per heavy atom. The summed E-state index contributed by atoms with van der Waals surface area (Å²) in [5.41, 5.74) is 1.85. The second kappa shape index (κ2) is 8.03. The Morgan fingerprint density at radius 3 is 2.33 bits per heavy atom. The standard InChI is InChI=1S/C18H22FN3O4S/c19-14-8-10-15(11-9-14)22-17-7-3-2-6-16(17)21(27(22,25)26)13-5-1-4-12-20-18(23)24/h2-3,6-11,20,25-26H,1,4-5,12-13H2,(H,23,24). The molecule has 1 aliphatic heterocycles. The van der Waals surface area contributed by atoms with Gasteiger partial charge in [-0.1, -0.05) is 12.1 Å². The van der Waals surface area contributed by atoms with Crippen molar-refractivity contribution in [2.75, 3.05) is 21.7 Å². The molecule has 0 unspecified atom stereocenters. The van der Waals surface area contributed by atoms with E-state index in [1.54, 1.807) is 10.4 Å². The Balaban J connectivity index is 1.75. The molecular weight excluding hydrogens is 373 g/mol. The number of nitrogens with zero attached hydrogens (tertiary/aromatic N) is 2. The Labute approximate surface area is 158 Å². The van der Waals surface area contributed by atoms with E-state index in [4.69, 9.17) is 5.11 Å². The Morgan fingerprint density at radius 2 is 1.67 bits per heavy atom. The van der Waals surface area contributed by atoms with Gasteiger partial charge in [0.1, 0.15) is 5.82 Å². The first kappa shape index (κ1) is 19.3. The third-order valence-corrected chi connectivity index (χ3v) is 6.15. The van der Waals surface area contributed by atoms with Gasteiger partial charge in [-0.05, 0) is 66.6 Å². The molecule has 0 saturated carbocycles. The smallest absolute Gasteiger partial charge is 0.404 e. The molecular formula is C18H22FN3O4S. The molecule has 3 rings (SSSR count). The van der Waals surface area contributed by atoms with Crippen LogP contribution < -0.4 is 13.9 Å². The first-order chi connectivity index (χ1) is 12.9. The molecule has 2 aromatic carbocycles. The maximum atomic E-state index is 13.3. The molecule has 0 saturated heterocycles. The van der Waals surface area contributed by atoms with Crippen LogP contribution in [0.25, 0.3) is 0 Å². The molecule has 1 amide bonds. The molecule has 146 valence electrons. The van der Waals surface area contributed by atoms with Crippen LogP contribution in [-0.4, -0.2) is 33.4 Å². The zero-order valence-corrected chi connectivity index (χ0v) is 15.4. The minimum atomic E-state index is -3.32. The summed E-state index contributed by atoms with van der Waals surface area (Å²) in [4.78, 5) is 10.4. The fraction of sp³-hybridized carbons (Fsp3) is 0.278. The van der Waals surface area contributed by atoms with Gasteiger partial charge in [-0.2, -0.15) is 0 Å². The second-order valence-electron chi connectivity index (χ2n) is 6.14. The van der Waals surface area contributed by atoms with E-state index >= 15 is 0 Å². The number of para-hydroxylation sites is 2. The first-order valence-electron chi connectivity index (χ1n) is 8.59. The summed E-state index contributed by atoms with van der Waals surface area (Å²) in [6.07, 6.45) is 1.03. The summed E-state index contributed by atoms with van der Waals surface area (Å²) in [5.74, 6) is -0.394. The van der Waals surface area contributed by atoms with Crippen LogP contribution in [0.15, 0.2) is 48.5 Å². The average Bonchev–Trinajstić information content (AvgIpc) is 2.85. The van der Waals surface area contributed by atoms with Crippen LogP contribution in [0.1, 0.15) is 19.3 Å². The zero-order valence-electron chi connectivity index (χ0n) is 14.6. The zero-order chi connectivity index (χ0) is 19.4. The molecule has 1 heterocycles. The van der Waals surface area contributed by atoms with Gasteiger partial charge in [-0.3, -0.25) is 13.4 Å². The second-order valence-corrected chi connectivity index (χ2v) is 7.93. The molecule has 0 aliphatic carbocycles. The Bertz CT molecular complexity index is 803. The molecule has 9 heteroatoms. The lowest BCUT2D eigenvalue weighted by Crippen LogP contribution is -2.32. The highest BCUT2D eigenvalue weighted by molar-refractivity contribution is 8.27. The monoisotopic (exact) mass is 395 g/mol. The maximum Gasteiger partial charge on any atom is 0.404 e. The molecule has 0 atom stereocenters. The van der Waals surface area contributed by atoms with Crippen molar-refractivity contribution in [3.63, 3.8) is 0 Å². The number of nitrogens with one attached hydrogen (secondary N) is 1. The van der Waals surface area contributed by atoms with E-state index in [0.717, 1.165) is 6.42 Å². The van der Waals surface area contributed by atoms with Crippen LogP contribution in [0.5, 0.6) is 0 Å². The highest BCUT2D eigenvalue weighted by Crippen LogP contribution is 2.64. The molecule has 2 aromatic rings. The summed E-state index contributed by atoms with van der Waals surface area (Å²) in [7, 11) is -3.32. The minimum absolute atomic E-state index is 0.365. The molecule has 27 heavy (non-hydrogen) atoms. The number of hydrogen-bond donors (Lipinski definition) is 4. The number of hydrogen-bond acceptors (Lipinski definition) is 5. The Hall–Kier alpha value is -2.49. The highest BCUT2D eigenvalue weighted by Gasteiger charge is 2.41. The van der Waals surface area contributed by atoms with Crippen LogP contribution in [0.4, 0.5) is 26.2 Å². The van der Waals surface area contributed by atoms with E-state index in [0.29, 0.717) is 43.0 Å². The quantitative estimate of drug-likeness (QED) is 0.503. The van der Waals surface area contributed by atoms with E-state index in [9.17, 15) is 18.3 Å². The summed E-state index contributed by atoms with van der Waals surface area (Å²) >= 11 is 0. The number of benzene rings is 2. The van der Waals surface area contributed by atoms with Gasteiger partial charge < -0.3 is 10.4 Å². The third kappa shape index (κ3) is 4.10. The van der Waals surface area contributed by atoms with Crippen molar-refractivity contribution < 1.29 is 23.4 Å². The van der Waals surface area contributed by atoms with Gasteiger partial charge >= 0.3 is 6.09 Å². The van der Waals surface area contributed by atoms with Gasteiger partial charge in [0.15, 0.2) is 0 Å². The number of amides is 1. The van der Waals surface area contributed by atoms with Crippen molar-refractivity contribution in [3.05, 3.63) is 54.3 Å². The lowest BCUT2D eigenvalue weighted by atomic mass is 10.2. The summed E-state index contributed by atoms with van der Waals surface area (Å²) in [6, 6.07) is 12.8. The molecule has 0 radical (unpaired) electrons. The molecule has 0 bridgehead atoms. The lowest BCUT2D eigenvalue weighted by Gasteiger charge is -2.43. The van der Waals surface area contributed by atoms with Crippen molar-refractivity contribution in [3.8, 4) is 0 Å². The van der Waals surface area contributed by atoms with Gasteiger partial charge in [0.25, 0.3) is 0 Å². The van der Waals surface area contributed by atoms with Crippen LogP contribution in [0.2, 0.25) is 0 Å². The number of halogens is 1. The van der Waals surface area contributed by atoms with Crippen LogP contribution in [0, 0.1) is 5.82 Å². The van der Waals surface area contributed by atoms with E-state index in [-0.39, 0.29) is 0 Å². The van der Waals surface area contributed by atoms with Gasteiger partial charge in [0.05, 0.1) is 17.1 Å². The van der Waals surface area contributed by atoms with Crippen molar-refractivity contribution >= 4 is 34.1 Å². The van der Waals surface area contributed by atoms with E-state index in [1.165, 1.54) is 28.6 Å². The Kier molecular flexibility index (Phi) is 5.73. The number of carbonyl (C=O) groups is 1. The SMILES string of the molecule is O=C(O)NCCCCCN1c2ccccc2N(c2ccc(F)cc2)S1(O)O. The van der Waals surface area contributed by atoms with Crippen molar-refractivity contribution in [1.82, 2.24) is 5.32 Å². The van der Waals surface area contributed by atoms with Gasteiger partial charge in [-0.15, -0.1) is 0 Å². The van der Waals surface area contributed by atoms with Crippen molar-refractivity contribution in [2.45, 2.75) is 19.3 Å². The summed E-state index contributed by atoms with van der Waals surface area (Å²) < 4.78 is 38.2. The van der Waals surface area contributed by atoms with Gasteiger partial charge in [0, 0.05) is 13.1 Å². The van der Waals surface area contributed by atoms with Gasteiger partial charge in [0.2, 0.25) is 0 Å². The molecule has 0 aromatic heterocycles. The fourth-order valence-corrected chi connectivity index (χ4v) is 4.87. The number of carboxylic acid groups (broad SMARTS) is 1. The maximum absolute atomic E-state index is 13.3. The van der Waals surface area contributed by atoms with E-state index < -0.39 is 22.9 Å². The minimum Gasteiger partial charge on any atom is -0.465 e. The highest BCUT2D eigenvalue weighted by atomic mass is 32.3. The van der Waals surface area contributed by atoms with Crippen LogP contribution >= 0.6 is 11.0 Å².